The van der Waals surface area contributed by atoms with Gasteiger partial charge in [0.1, 0.15) is 5.82 Å². The third-order valence-electron chi connectivity index (χ3n) is 3.51. The van der Waals surface area contributed by atoms with Gasteiger partial charge in [0.15, 0.2) is 5.96 Å². The van der Waals surface area contributed by atoms with Gasteiger partial charge in [0.2, 0.25) is 0 Å². The summed E-state index contributed by atoms with van der Waals surface area (Å²) < 4.78 is 16.3. The van der Waals surface area contributed by atoms with Crippen molar-refractivity contribution in [3.05, 3.63) is 52.0 Å². The molecule has 7 heteroatoms. The third kappa shape index (κ3) is 5.35. The van der Waals surface area contributed by atoms with Crippen LogP contribution in [0.25, 0.3) is 0 Å². The van der Waals surface area contributed by atoms with E-state index >= 15 is 0 Å². The van der Waals surface area contributed by atoms with Crippen LogP contribution in [-0.4, -0.2) is 29.3 Å². The number of hydrogen-bond donors (Lipinski definition) is 2. The van der Waals surface area contributed by atoms with Gasteiger partial charge < -0.3 is 10.6 Å². The molecule has 0 spiro atoms. The monoisotopic (exact) mass is 381 g/mol. The molecule has 1 aromatic heterocycles. The summed E-state index contributed by atoms with van der Waals surface area (Å²) in [4.78, 5) is 4.18. The molecular formula is C16H21BrFN5. The molecule has 2 N–H and O–H groups in total. The van der Waals surface area contributed by atoms with E-state index in [0.717, 1.165) is 34.7 Å². The van der Waals surface area contributed by atoms with Crippen LogP contribution in [0.5, 0.6) is 0 Å². The summed E-state index contributed by atoms with van der Waals surface area (Å²) in [6, 6.07) is 7.13. The molecule has 0 saturated heterocycles. The molecule has 0 atom stereocenters. The molecule has 2 aromatic rings. The highest BCUT2D eigenvalue weighted by Crippen LogP contribution is 2.16. The predicted molar refractivity (Wildman–Crippen MR) is 93.8 cm³/mol. The number of aryl methyl sites for hydroxylation is 2. The van der Waals surface area contributed by atoms with Gasteiger partial charge in [-0.2, -0.15) is 5.10 Å². The van der Waals surface area contributed by atoms with E-state index in [1.807, 2.05) is 29.9 Å². The maximum absolute atomic E-state index is 13.7. The van der Waals surface area contributed by atoms with Crippen molar-refractivity contribution in [3.8, 4) is 0 Å². The Kier molecular flexibility index (Phi) is 6.58. The lowest BCUT2D eigenvalue weighted by atomic mass is 10.1. The molecule has 1 heterocycles. The van der Waals surface area contributed by atoms with Crippen molar-refractivity contribution >= 4 is 21.9 Å². The van der Waals surface area contributed by atoms with Crippen molar-refractivity contribution in [2.75, 3.05) is 13.6 Å². The number of guanidine groups is 1. The Morgan fingerprint density at radius 2 is 2.17 bits per heavy atom. The van der Waals surface area contributed by atoms with Gasteiger partial charge >= 0.3 is 0 Å². The summed E-state index contributed by atoms with van der Waals surface area (Å²) in [6.45, 7) is 1.37. The molecule has 124 valence electrons. The minimum atomic E-state index is -0.168. The fourth-order valence-electron chi connectivity index (χ4n) is 2.18. The Hall–Kier alpha value is -1.89. The summed E-state index contributed by atoms with van der Waals surface area (Å²) in [6.07, 6.45) is 3.27. The normalized spacial score (nSPS) is 11.6. The Morgan fingerprint density at radius 1 is 1.35 bits per heavy atom. The van der Waals surface area contributed by atoms with Crippen molar-refractivity contribution in [2.45, 2.75) is 19.4 Å². The number of nitrogens with zero attached hydrogens (tertiary/aromatic N) is 3. The first-order chi connectivity index (χ1) is 11.1. The third-order valence-corrected chi connectivity index (χ3v) is 4.01. The van der Waals surface area contributed by atoms with Gasteiger partial charge in [0, 0.05) is 31.3 Å². The molecule has 0 amide bonds. The predicted octanol–water partition coefficient (Wildman–Crippen LogP) is 2.62. The van der Waals surface area contributed by atoms with Crippen LogP contribution in [-0.2, 0) is 20.0 Å². The molecule has 0 radical (unpaired) electrons. The lowest BCUT2D eigenvalue weighted by molar-refractivity contribution is 0.601. The summed E-state index contributed by atoms with van der Waals surface area (Å²) in [5.74, 6) is 0.556. The summed E-state index contributed by atoms with van der Waals surface area (Å²) >= 11 is 3.26. The van der Waals surface area contributed by atoms with Gasteiger partial charge in [-0.3, -0.25) is 9.67 Å². The zero-order valence-electron chi connectivity index (χ0n) is 13.3. The number of rotatable bonds is 6. The largest absolute Gasteiger partial charge is 0.356 e. The van der Waals surface area contributed by atoms with Gasteiger partial charge in [-0.05, 0) is 36.6 Å². The van der Waals surface area contributed by atoms with E-state index < -0.39 is 0 Å². The zero-order valence-corrected chi connectivity index (χ0v) is 14.9. The van der Waals surface area contributed by atoms with Gasteiger partial charge in [0.05, 0.1) is 12.2 Å². The average molecular weight is 382 g/mol. The molecule has 0 fully saturated rings. The van der Waals surface area contributed by atoms with Gasteiger partial charge in [-0.1, -0.05) is 22.0 Å². The zero-order chi connectivity index (χ0) is 16.7. The molecule has 1 aromatic carbocycles. The molecule has 0 aliphatic rings. The van der Waals surface area contributed by atoms with Crippen LogP contribution >= 0.6 is 15.9 Å². The molecule has 0 aliphatic carbocycles. The second kappa shape index (κ2) is 8.67. The van der Waals surface area contributed by atoms with Crippen molar-refractivity contribution in [2.24, 2.45) is 12.0 Å². The number of aromatic nitrogens is 2. The van der Waals surface area contributed by atoms with Crippen molar-refractivity contribution in [3.63, 3.8) is 0 Å². The standard InChI is InChI=1S/C16H21BrFN5/c1-19-16(21-11-14-7-9-22-23(14)2)20-8-3-4-12-5-6-13(17)10-15(12)18/h5-7,9-10H,3-4,8,11H2,1-2H3,(H2,19,20,21). The maximum Gasteiger partial charge on any atom is 0.191 e. The maximum atomic E-state index is 13.7. The first-order valence-corrected chi connectivity index (χ1v) is 8.25. The molecular weight excluding hydrogens is 361 g/mol. The van der Waals surface area contributed by atoms with E-state index in [0.29, 0.717) is 13.0 Å². The number of nitrogens with one attached hydrogen (secondary N) is 2. The molecule has 0 saturated carbocycles. The molecule has 0 unspecified atom stereocenters. The van der Waals surface area contributed by atoms with E-state index in [1.54, 1.807) is 13.2 Å². The average Bonchev–Trinajstić information content (AvgIpc) is 2.93. The molecule has 23 heavy (non-hydrogen) atoms. The van der Waals surface area contributed by atoms with E-state index in [-0.39, 0.29) is 5.82 Å². The topological polar surface area (TPSA) is 54.2 Å². The second-order valence-electron chi connectivity index (χ2n) is 5.14. The Labute approximate surface area is 144 Å². The molecule has 5 nitrogen and oxygen atoms in total. The van der Waals surface area contributed by atoms with Crippen LogP contribution in [0.15, 0.2) is 39.9 Å². The van der Waals surface area contributed by atoms with Crippen LogP contribution in [0, 0.1) is 5.82 Å². The van der Waals surface area contributed by atoms with E-state index in [9.17, 15) is 4.39 Å². The number of aliphatic imine (C=N–C) groups is 1. The van der Waals surface area contributed by atoms with Crippen LogP contribution in [0.4, 0.5) is 4.39 Å². The molecule has 2 rings (SSSR count). The Balaban J connectivity index is 1.72. The smallest absolute Gasteiger partial charge is 0.191 e. The van der Waals surface area contributed by atoms with Gasteiger partial charge in [-0.25, -0.2) is 4.39 Å². The highest BCUT2D eigenvalue weighted by Gasteiger charge is 2.04. The Morgan fingerprint density at radius 3 is 2.83 bits per heavy atom. The molecule has 0 bridgehead atoms. The highest BCUT2D eigenvalue weighted by molar-refractivity contribution is 9.10. The van der Waals surface area contributed by atoms with Crippen LogP contribution in [0.1, 0.15) is 17.7 Å². The van der Waals surface area contributed by atoms with Crippen molar-refractivity contribution in [1.29, 1.82) is 0 Å². The first kappa shape index (κ1) is 17.5. The number of benzene rings is 1. The van der Waals surface area contributed by atoms with Crippen LogP contribution < -0.4 is 10.6 Å². The quantitative estimate of drug-likeness (QED) is 0.459. The van der Waals surface area contributed by atoms with Gasteiger partial charge in [0.25, 0.3) is 0 Å². The molecule has 0 aliphatic heterocycles. The summed E-state index contributed by atoms with van der Waals surface area (Å²) in [5.41, 5.74) is 1.80. The lowest BCUT2D eigenvalue weighted by Gasteiger charge is -2.12. The fourth-order valence-corrected chi connectivity index (χ4v) is 2.51. The van der Waals surface area contributed by atoms with Crippen molar-refractivity contribution < 1.29 is 4.39 Å². The second-order valence-corrected chi connectivity index (χ2v) is 6.05. The van der Waals surface area contributed by atoms with Crippen LogP contribution in [0.3, 0.4) is 0 Å². The minimum absolute atomic E-state index is 0.168. The van der Waals surface area contributed by atoms with E-state index in [4.69, 9.17) is 0 Å². The van der Waals surface area contributed by atoms with E-state index in [1.165, 1.54) is 6.07 Å². The minimum Gasteiger partial charge on any atom is -0.356 e. The summed E-state index contributed by atoms with van der Waals surface area (Å²) in [5, 5.41) is 10.6. The van der Waals surface area contributed by atoms with E-state index in [2.05, 4.69) is 36.7 Å². The fraction of sp³-hybridized carbons (Fsp3) is 0.375. The van der Waals surface area contributed by atoms with Gasteiger partial charge in [-0.15, -0.1) is 0 Å². The lowest BCUT2D eigenvalue weighted by Crippen LogP contribution is -2.37. The first-order valence-electron chi connectivity index (χ1n) is 7.45. The van der Waals surface area contributed by atoms with Crippen LogP contribution in [0.2, 0.25) is 0 Å². The number of halogens is 2. The summed E-state index contributed by atoms with van der Waals surface area (Å²) in [7, 11) is 3.63. The highest BCUT2D eigenvalue weighted by atomic mass is 79.9. The SMILES string of the molecule is CN=C(NCCCc1ccc(Br)cc1F)NCc1ccnn1C. The van der Waals surface area contributed by atoms with Crippen molar-refractivity contribution in [1.82, 2.24) is 20.4 Å². The number of hydrogen-bond acceptors (Lipinski definition) is 2. The Bertz CT molecular complexity index is 668.